The number of hydrogen-bond acceptors (Lipinski definition) is 6. The van der Waals surface area contributed by atoms with E-state index >= 15 is 0 Å². The number of benzene rings is 3. The van der Waals surface area contributed by atoms with E-state index in [9.17, 15) is 24.3 Å². The summed E-state index contributed by atoms with van der Waals surface area (Å²) in [6.45, 7) is 0. The van der Waals surface area contributed by atoms with Crippen molar-refractivity contribution in [3.63, 3.8) is 0 Å². The Morgan fingerprint density at radius 1 is 0.707 bits per heavy atom. The lowest BCUT2D eigenvalue weighted by Crippen LogP contribution is -2.43. The van der Waals surface area contributed by atoms with Crippen LogP contribution in [0.3, 0.4) is 0 Å². The van der Waals surface area contributed by atoms with Crippen molar-refractivity contribution in [1.29, 1.82) is 0 Å². The lowest BCUT2D eigenvalue weighted by atomic mass is 9.57. The summed E-state index contributed by atoms with van der Waals surface area (Å²) in [6.07, 6.45) is 2.69. The van der Waals surface area contributed by atoms with Crippen LogP contribution in [0.2, 0.25) is 0 Å². The van der Waals surface area contributed by atoms with Crippen LogP contribution >= 0.6 is 0 Å². The summed E-state index contributed by atoms with van der Waals surface area (Å²) in [5.41, 5.74) is 2.66. The minimum atomic E-state index is -0.687. The number of phenolic OH excluding ortho intramolecular Hbond substituents is 1. The number of fused-ring (bicyclic) bond motifs is 4. The number of nitrogens with zero attached hydrogens (tertiary/aromatic N) is 2. The third-order valence-electron chi connectivity index (χ3n) is 9.24. The molecule has 2 aliphatic carbocycles. The number of amides is 4. The van der Waals surface area contributed by atoms with Crippen LogP contribution in [0.15, 0.2) is 90.5 Å². The molecule has 3 fully saturated rings. The molecule has 206 valence electrons. The maximum Gasteiger partial charge on any atom is 0.238 e. The molecule has 0 aromatic heterocycles. The highest BCUT2D eigenvalue weighted by Crippen LogP contribution is 2.58. The smallest absolute Gasteiger partial charge is 0.238 e. The number of ether oxygens (including phenoxy) is 1. The number of carbonyl (C=O) groups is 4. The molecule has 8 heteroatoms. The number of anilines is 2. The highest BCUT2D eigenvalue weighted by atomic mass is 16.5. The first-order valence-corrected chi connectivity index (χ1v) is 13.8. The Balaban J connectivity index is 1.35. The van der Waals surface area contributed by atoms with Gasteiger partial charge in [0.15, 0.2) is 11.5 Å². The molecule has 4 aliphatic rings. The van der Waals surface area contributed by atoms with E-state index in [0.29, 0.717) is 24.2 Å². The number of rotatable bonds is 4. The van der Waals surface area contributed by atoms with E-state index in [0.717, 1.165) is 11.1 Å². The Morgan fingerprint density at radius 2 is 1.29 bits per heavy atom. The molecule has 41 heavy (non-hydrogen) atoms. The van der Waals surface area contributed by atoms with Gasteiger partial charge >= 0.3 is 0 Å². The second-order valence-electron chi connectivity index (χ2n) is 11.2. The minimum absolute atomic E-state index is 0.0346. The molecular weight excluding hydrogens is 520 g/mol. The van der Waals surface area contributed by atoms with E-state index < -0.39 is 35.5 Å². The van der Waals surface area contributed by atoms with Crippen LogP contribution in [-0.2, 0) is 19.2 Å². The first kappa shape index (κ1) is 25.3. The molecule has 0 unspecified atom stereocenters. The predicted octanol–water partition coefficient (Wildman–Crippen LogP) is 4.45. The third kappa shape index (κ3) is 3.66. The number of allylic oxidation sites excluding steroid dienone is 2. The zero-order chi connectivity index (χ0) is 28.4. The van der Waals surface area contributed by atoms with Crippen LogP contribution in [0.25, 0.3) is 0 Å². The number of imide groups is 2. The molecular formula is C33H28N2O6. The zero-order valence-corrected chi connectivity index (χ0v) is 22.3. The lowest BCUT2D eigenvalue weighted by Gasteiger charge is -2.44. The minimum Gasteiger partial charge on any atom is -0.504 e. The molecule has 2 heterocycles. The molecule has 3 aromatic rings. The highest BCUT2D eigenvalue weighted by Gasteiger charge is 2.62. The molecule has 1 N–H and O–H groups in total. The van der Waals surface area contributed by atoms with Gasteiger partial charge in [-0.2, -0.15) is 0 Å². The largest absolute Gasteiger partial charge is 0.504 e. The van der Waals surface area contributed by atoms with Gasteiger partial charge in [0.05, 0.1) is 42.2 Å². The van der Waals surface area contributed by atoms with Gasteiger partial charge in [0, 0.05) is 5.92 Å². The summed E-state index contributed by atoms with van der Waals surface area (Å²) in [5.74, 6) is -4.27. The van der Waals surface area contributed by atoms with Crippen LogP contribution in [-0.4, -0.2) is 35.8 Å². The quantitative estimate of drug-likeness (QED) is 0.382. The fraction of sp³-hybridized carbons (Fsp3) is 0.273. The average Bonchev–Trinajstić information content (AvgIpc) is 3.41. The summed E-state index contributed by atoms with van der Waals surface area (Å²) in [4.78, 5) is 58.2. The number of para-hydroxylation sites is 2. The fourth-order valence-electron chi connectivity index (χ4n) is 7.51. The summed E-state index contributed by atoms with van der Waals surface area (Å²) >= 11 is 0. The summed E-state index contributed by atoms with van der Waals surface area (Å²) in [5, 5.41) is 10.3. The van der Waals surface area contributed by atoms with E-state index in [2.05, 4.69) is 0 Å². The number of phenols is 1. The summed E-state index contributed by atoms with van der Waals surface area (Å²) in [6, 6.07) is 22.8. The third-order valence-corrected chi connectivity index (χ3v) is 9.24. The molecule has 2 saturated heterocycles. The SMILES string of the molecule is COc1cc([C@H]2C3=CC[C@@H]4C(=O)N(c5ccccc5)C(=O)[C@@H]4[C@@H]3C[C@H]3C(=O)N(c4ccccc4)C(=O)[C@@H]23)ccc1O. The fourth-order valence-corrected chi connectivity index (χ4v) is 7.51. The normalized spacial score (nSPS) is 28.8. The number of hydrogen-bond donors (Lipinski definition) is 1. The molecule has 2 aliphatic heterocycles. The van der Waals surface area contributed by atoms with Crippen molar-refractivity contribution in [2.75, 3.05) is 16.9 Å². The van der Waals surface area contributed by atoms with Gasteiger partial charge in [-0.1, -0.05) is 54.1 Å². The Labute approximate surface area is 236 Å². The number of methoxy groups -OCH3 is 1. The van der Waals surface area contributed by atoms with Crippen molar-refractivity contribution in [3.8, 4) is 11.5 Å². The summed E-state index contributed by atoms with van der Waals surface area (Å²) in [7, 11) is 1.46. The van der Waals surface area contributed by atoms with Crippen molar-refractivity contribution in [3.05, 3.63) is 96.1 Å². The van der Waals surface area contributed by atoms with Gasteiger partial charge in [0.25, 0.3) is 0 Å². The topological polar surface area (TPSA) is 104 Å². The second kappa shape index (κ2) is 9.44. The second-order valence-corrected chi connectivity index (χ2v) is 11.2. The first-order valence-electron chi connectivity index (χ1n) is 13.8. The van der Waals surface area contributed by atoms with Crippen molar-refractivity contribution < 1.29 is 29.0 Å². The predicted molar refractivity (Wildman–Crippen MR) is 150 cm³/mol. The molecule has 1 saturated carbocycles. The van der Waals surface area contributed by atoms with Crippen molar-refractivity contribution in [2.45, 2.75) is 18.8 Å². The summed E-state index contributed by atoms with van der Waals surface area (Å²) < 4.78 is 5.39. The van der Waals surface area contributed by atoms with E-state index in [4.69, 9.17) is 4.74 Å². The molecule has 4 amide bonds. The molecule has 0 radical (unpaired) electrons. The molecule has 6 atom stereocenters. The van der Waals surface area contributed by atoms with Gasteiger partial charge in [0.2, 0.25) is 23.6 Å². The number of aromatic hydroxyl groups is 1. The van der Waals surface area contributed by atoms with Crippen LogP contribution < -0.4 is 14.5 Å². The van der Waals surface area contributed by atoms with Crippen LogP contribution in [0.1, 0.15) is 24.3 Å². The van der Waals surface area contributed by atoms with E-state index in [-0.39, 0.29) is 35.1 Å². The van der Waals surface area contributed by atoms with Gasteiger partial charge in [-0.25, -0.2) is 0 Å². The Hall–Kier alpha value is -4.72. The number of carbonyl (C=O) groups excluding carboxylic acids is 4. The Morgan fingerprint density at radius 3 is 1.90 bits per heavy atom. The van der Waals surface area contributed by atoms with Gasteiger partial charge in [0.1, 0.15) is 0 Å². The van der Waals surface area contributed by atoms with Gasteiger partial charge in [-0.15, -0.1) is 0 Å². The van der Waals surface area contributed by atoms with Crippen molar-refractivity contribution in [2.24, 2.45) is 29.6 Å². The van der Waals surface area contributed by atoms with Crippen LogP contribution in [0, 0.1) is 29.6 Å². The van der Waals surface area contributed by atoms with Crippen LogP contribution in [0.4, 0.5) is 11.4 Å². The van der Waals surface area contributed by atoms with E-state index in [1.54, 1.807) is 60.7 Å². The Kier molecular flexibility index (Phi) is 5.81. The van der Waals surface area contributed by atoms with Crippen LogP contribution in [0.5, 0.6) is 11.5 Å². The first-order chi connectivity index (χ1) is 19.9. The molecule has 0 spiro atoms. The van der Waals surface area contributed by atoms with Gasteiger partial charge in [-0.05, 0) is 60.7 Å². The monoisotopic (exact) mass is 548 g/mol. The molecule has 3 aromatic carbocycles. The van der Waals surface area contributed by atoms with Crippen molar-refractivity contribution >= 4 is 35.0 Å². The van der Waals surface area contributed by atoms with Crippen molar-refractivity contribution in [1.82, 2.24) is 0 Å². The lowest BCUT2D eigenvalue weighted by molar-refractivity contribution is -0.126. The molecule has 7 rings (SSSR count). The van der Waals surface area contributed by atoms with E-state index in [1.807, 2.05) is 18.2 Å². The maximum absolute atomic E-state index is 14.1. The molecule has 8 nitrogen and oxygen atoms in total. The Bertz CT molecular complexity index is 1620. The van der Waals surface area contributed by atoms with E-state index in [1.165, 1.54) is 23.0 Å². The maximum atomic E-state index is 14.1. The highest BCUT2D eigenvalue weighted by molar-refractivity contribution is 6.24. The van der Waals surface area contributed by atoms with Gasteiger partial charge < -0.3 is 9.84 Å². The zero-order valence-electron chi connectivity index (χ0n) is 22.3. The standard InChI is InChI=1S/C33H28N2O6/c1-41-26-16-18(12-15-25(26)36)27-21-13-14-22-28(32(39)34(30(22)37)19-8-4-2-5-9-19)23(21)17-24-29(27)33(40)35(31(24)38)20-10-6-3-7-11-20/h2-13,15-16,22-24,27-29,36H,14,17H2,1H3/t22-,23+,24+,27-,28-,29+/m0/s1. The molecule has 0 bridgehead atoms. The van der Waals surface area contributed by atoms with Gasteiger partial charge in [-0.3, -0.25) is 29.0 Å². The average molecular weight is 549 g/mol.